The molecule has 1 atom stereocenters. The minimum absolute atomic E-state index is 0.104. The van der Waals surface area contributed by atoms with Gasteiger partial charge >= 0.3 is 5.76 Å². The molecule has 3 heteroatoms. The Hall–Kier alpha value is -0.990. The van der Waals surface area contributed by atoms with Gasteiger partial charge in [-0.15, -0.1) is 0 Å². The highest BCUT2D eigenvalue weighted by Gasteiger charge is 2.33. The summed E-state index contributed by atoms with van der Waals surface area (Å²) in [6, 6.07) is 0. The highest BCUT2D eigenvalue weighted by molar-refractivity contribution is 5.08. The van der Waals surface area contributed by atoms with Crippen LogP contribution < -0.4 is 5.76 Å². The second-order valence-corrected chi connectivity index (χ2v) is 4.80. The molecule has 14 heavy (non-hydrogen) atoms. The maximum atomic E-state index is 10.9. The Bertz CT molecular complexity index is 346. The van der Waals surface area contributed by atoms with Gasteiger partial charge in [0.05, 0.1) is 0 Å². The van der Waals surface area contributed by atoms with Crippen LogP contribution >= 0.6 is 0 Å². The van der Waals surface area contributed by atoms with Gasteiger partial charge < -0.3 is 4.42 Å². The Labute approximate surface area is 84.5 Å². The average Bonchev–Trinajstić information content (AvgIpc) is 2.50. The second-order valence-electron chi connectivity index (χ2n) is 4.80. The standard InChI is InChI=1S/C11H19NO2/c1-7(2)8(3)11(4,5)9-6-12-10(13)14-9/h6-8H,1-5H3,(H,12,13). The van der Waals surface area contributed by atoms with E-state index < -0.39 is 0 Å². The Morgan fingerprint density at radius 2 is 1.93 bits per heavy atom. The minimum atomic E-state index is -0.371. The first-order valence-electron chi connectivity index (χ1n) is 5.04. The highest BCUT2D eigenvalue weighted by Crippen LogP contribution is 2.34. The van der Waals surface area contributed by atoms with Crippen molar-refractivity contribution in [1.82, 2.24) is 4.98 Å². The molecule has 1 rings (SSSR count). The second kappa shape index (κ2) is 3.64. The first-order chi connectivity index (χ1) is 6.35. The van der Waals surface area contributed by atoms with Crippen LogP contribution in [-0.4, -0.2) is 4.98 Å². The van der Waals surface area contributed by atoms with Gasteiger partial charge in [-0.3, -0.25) is 4.98 Å². The number of hydrogen-bond acceptors (Lipinski definition) is 2. The number of rotatable bonds is 3. The number of oxazole rings is 1. The highest BCUT2D eigenvalue weighted by atomic mass is 16.4. The van der Waals surface area contributed by atoms with Crippen LogP contribution in [0, 0.1) is 11.8 Å². The van der Waals surface area contributed by atoms with Crippen molar-refractivity contribution in [2.75, 3.05) is 0 Å². The molecule has 1 unspecified atom stereocenters. The molecule has 80 valence electrons. The average molecular weight is 197 g/mol. The zero-order valence-corrected chi connectivity index (χ0v) is 9.55. The minimum Gasteiger partial charge on any atom is -0.412 e. The van der Waals surface area contributed by atoms with Crippen molar-refractivity contribution in [2.24, 2.45) is 11.8 Å². The number of nitrogens with one attached hydrogen (secondary N) is 1. The van der Waals surface area contributed by atoms with Crippen LogP contribution in [0.3, 0.4) is 0 Å². The van der Waals surface area contributed by atoms with Gasteiger partial charge in [0.1, 0.15) is 5.76 Å². The molecule has 0 aromatic carbocycles. The summed E-state index contributed by atoms with van der Waals surface area (Å²) < 4.78 is 5.11. The first-order valence-corrected chi connectivity index (χ1v) is 5.04. The van der Waals surface area contributed by atoms with Crippen LogP contribution in [0.2, 0.25) is 0 Å². The molecule has 0 saturated heterocycles. The number of hydrogen-bond donors (Lipinski definition) is 1. The molecule has 3 nitrogen and oxygen atoms in total. The van der Waals surface area contributed by atoms with Crippen molar-refractivity contribution < 1.29 is 4.42 Å². The molecule has 0 spiro atoms. The van der Waals surface area contributed by atoms with Crippen molar-refractivity contribution in [1.29, 1.82) is 0 Å². The molecular formula is C11H19NO2. The molecule has 0 radical (unpaired) electrons. The van der Waals surface area contributed by atoms with Gasteiger partial charge in [-0.1, -0.05) is 34.6 Å². The van der Waals surface area contributed by atoms with Crippen molar-refractivity contribution in [2.45, 2.75) is 40.0 Å². The topological polar surface area (TPSA) is 46.0 Å². The van der Waals surface area contributed by atoms with Gasteiger partial charge in [0, 0.05) is 11.6 Å². The third-order valence-corrected chi connectivity index (χ3v) is 3.30. The molecule has 0 saturated carbocycles. The van der Waals surface area contributed by atoms with Gasteiger partial charge in [-0.05, 0) is 11.8 Å². The fourth-order valence-corrected chi connectivity index (χ4v) is 1.66. The summed E-state index contributed by atoms with van der Waals surface area (Å²) in [5.74, 6) is 1.39. The summed E-state index contributed by atoms with van der Waals surface area (Å²) in [6.07, 6.45) is 1.67. The molecule has 0 bridgehead atoms. The predicted molar refractivity (Wildman–Crippen MR) is 56.4 cm³/mol. The van der Waals surface area contributed by atoms with Crippen molar-refractivity contribution in [3.8, 4) is 0 Å². The number of aromatic nitrogens is 1. The van der Waals surface area contributed by atoms with Crippen molar-refractivity contribution >= 4 is 0 Å². The lowest BCUT2D eigenvalue weighted by atomic mass is 9.73. The summed E-state index contributed by atoms with van der Waals surface area (Å²) in [7, 11) is 0. The molecule has 0 amide bonds. The Kier molecular flexibility index (Phi) is 2.88. The zero-order chi connectivity index (χ0) is 10.9. The van der Waals surface area contributed by atoms with Crippen LogP contribution in [-0.2, 0) is 5.41 Å². The third kappa shape index (κ3) is 1.91. The van der Waals surface area contributed by atoms with Crippen molar-refractivity contribution in [3.05, 3.63) is 22.5 Å². The largest absolute Gasteiger partial charge is 0.416 e. The number of aromatic amines is 1. The lowest BCUT2D eigenvalue weighted by Gasteiger charge is -2.32. The molecule has 0 aliphatic heterocycles. The molecule has 0 aliphatic carbocycles. The van der Waals surface area contributed by atoms with Gasteiger partial charge in [0.25, 0.3) is 0 Å². The Morgan fingerprint density at radius 1 is 1.36 bits per heavy atom. The SMILES string of the molecule is CC(C)C(C)C(C)(C)c1c[nH]c(=O)o1. The molecule has 1 aromatic rings. The Balaban J connectivity index is 3.01. The molecular weight excluding hydrogens is 178 g/mol. The van der Waals surface area contributed by atoms with E-state index in [4.69, 9.17) is 4.42 Å². The normalized spacial score (nSPS) is 14.7. The fourth-order valence-electron chi connectivity index (χ4n) is 1.66. The van der Waals surface area contributed by atoms with Crippen molar-refractivity contribution in [3.63, 3.8) is 0 Å². The van der Waals surface area contributed by atoms with E-state index in [0.717, 1.165) is 5.76 Å². The first kappa shape index (κ1) is 11.1. The van der Waals surface area contributed by atoms with Crippen LogP contribution in [0.5, 0.6) is 0 Å². The molecule has 0 fully saturated rings. The van der Waals surface area contributed by atoms with Crippen LogP contribution in [0.25, 0.3) is 0 Å². The van der Waals surface area contributed by atoms with E-state index in [2.05, 4.69) is 39.6 Å². The van der Waals surface area contributed by atoms with Gasteiger partial charge in [-0.25, -0.2) is 4.79 Å². The molecule has 1 heterocycles. The lowest BCUT2D eigenvalue weighted by molar-refractivity contribution is 0.222. The predicted octanol–water partition coefficient (Wildman–Crippen LogP) is 2.54. The smallest absolute Gasteiger partial charge is 0.412 e. The van der Waals surface area contributed by atoms with E-state index in [9.17, 15) is 4.79 Å². The fraction of sp³-hybridized carbons (Fsp3) is 0.727. The molecule has 1 N–H and O–H groups in total. The van der Waals surface area contributed by atoms with E-state index in [1.165, 1.54) is 0 Å². The number of H-pyrrole nitrogens is 1. The van der Waals surface area contributed by atoms with E-state index in [-0.39, 0.29) is 11.2 Å². The summed E-state index contributed by atoms with van der Waals surface area (Å²) >= 11 is 0. The maximum Gasteiger partial charge on any atom is 0.416 e. The maximum absolute atomic E-state index is 10.9. The van der Waals surface area contributed by atoms with E-state index in [0.29, 0.717) is 11.8 Å². The molecule has 1 aromatic heterocycles. The summed E-state index contributed by atoms with van der Waals surface area (Å²) in [5, 5.41) is 0. The molecule has 0 aliphatic rings. The van der Waals surface area contributed by atoms with E-state index >= 15 is 0 Å². The van der Waals surface area contributed by atoms with Gasteiger partial charge in [0.15, 0.2) is 0 Å². The summed E-state index contributed by atoms with van der Waals surface area (Å²) in [4.78, 5) is 13.5. The summed E-state index contributed by atoms with van der Waals surface area (Å²) in [6.45, 7) is 10.7. The van der Waals surface area contributed by atoms with Crippen LogP contribution in [0.4, 0.5) is 0 Å². The monoisotopic (exact) mass is 197 g/mol. The quantitative estimate of drug-likeness (QED) is 0.809. The lowest BCUT2D eigenvalue weighted by Crippen LogP contribution is -2.29. The summed E-state index contributed by atoms with van der Waals surface area (Å²) in [5.41, 5.74) is -0.104. The van der Waals surface area contributed by atoms with E-state index in [1.807, 2.05) is 0 Å². The van der Waals surface area contributed by atoms with Crippen LogP contribution in [0.15, 0.2) is 15.4 Å². The van der Waals surface area contributed by atoms with E-state index in [1.54, 1.807) is 6.20 Å². The zero-order valence-electron chi connectivity index (χ0n) is 9.55. The van der Waals surface area contributed by atoms with Gasteiger partial charge in [0.2, 0.25) is 0 Å². The van der Waals surface area contributed by atoms with Gasteiger partial charge in [-0.2, -0.15) is 0 Å². The van der Waals surface area contributed by atoms with Crippen LogP contribution in [0.1, 0.15) is 40.4 Å². The third-order valence-electron chi connectivity index (χ3n) is 3.30. The Morgan fingerprint density at radius 3 is 2.29 bits per heavy atom.